The van der Waals surface area contributed by atoms with Gasteiger partial charge in [0.25, 0.3) is 0 Å². The standard InChI is InChI=1S/C14H14ClIN2O3/c1-19-7-11-12(16)13(15)18-14(17-11)8-4-9(20-2)6-10(5-8)21-3/h4-6H,7H2,1-3H3. The predicted molar refractivity (Wildman–Crippen MR) is 89.0 cm³/mol. The van der Waals surface area contributed by atoms with E-state index in [4.69, 9.17) is 25.8 Å². The molecule has 21 heavy (non-hydrogen) atoms. The van der Waals surface area contributed by atoms with E-state index in [1.807, 2.05) is 12.1 Å². The molecule has 112 valence electrons. The quantitative estimate of drug-likeness (QED) is 0.547. The Kier molecular flexibility index (Phi) is 5.60. The molecular weight excluding hydrogens is 407 g/mol. The summed E-state index contributed by atoms with van der Waals surface area (Å²) in [5.41, 5.74) is 1.51. The van der Waals surface area contributed by atoms with E-state index >= 15 is 0 Å². The summed E-state index contributed by atoms with van der Waals surface area (Å²) in [5, 5.41) is 0.398. The molecule has 0 atom stereocenters. The summed E-state index contributed by atoms with van der Waals surface area (Å²) in [6.45, 7) is 0.370. The number of nitrogens with zero attached hydrogens (tertiary/aromatic N) is 2. The second kappa shape index (κ2) is 7.24. The Labute approximate surface area is 141 Å². The molecule has 0 fully saturated rings. The minimum Gasteiger partial charge on any atom is -0.497 e. The Hall–Kier alpha value is -1.12. The van der Waals surface area contributed by atoms with E-state index in [1.54, 1.807) is 27.4 Å². The normalized spacial score (nSPS) is 10.5. The highest BCUT2D eigenvalue weighted by Crippen LogP contribution is 2.30. The Balaban J connectivity index is 2.55. The summed E-state index contributed by atoms with van der Waals surface area (Å²) >= 11 is 8.28. The van der Waals surface area contributed by atoms with E-state index in [1.165, 1.54) is 0 Å². The lowest BCUT2D eigenvalue weighted by atomic mass is 10.2. The fraction of sp³-hybridized carbons (Fsp3) is 0.286. The van der Waals surface area contributed by atoms with Crippen molar-refractivity contribution in [2.75, 3.05) is 21.3 Å². The lowest BCUT2D eigenvalue weighted by Crippen LogP contribution is -2.02. The van der Waals surface area contributed by atoms with Crippen molar-refractivity contribution in [3.8, 4) is 22.9 Å². The highest BCUT2D eigenvalue weighted by Gasteiger charge is 2.13. The average Bonchev–Trinajstić information content (AvgIpc) is 2.51. The number of hydrogen-bond acceptors (Lipinski definition) is 5. The van der Waals surface area contributed by atoms with Crippen LogP contribution in [0.1, 0.15) is 5.69 Å². The lowest BCUT2D eigenvalue weighted by molar-refractivity contribution is 0.181. The maximum absolute atomic E-state index is 6.18. The molecule has 0 radical (unpaired) electrons. The number of rotatable bonds is 5. The number of methoxy groups -OCH3 is 3. The van der Waals surface area contributed by atoms with Crippen molar-refractivity contribution in [1.82, 2.24) is 9.97 Å². The van der Waals surface area contributed by atoms with Crippen LogP contribution in [0.15, 0.2) is 18.2 Å². The van der Waals surface area contributed by atoms with Crippen molar-refractivity contribution < 1.29 is 14.2 Å². The molecule has 1 heterocycles. The van der Waals surface area contributed by atoms with Gasteiger partial charge in [-0.2, -0.15) is 0 Å². The maximum Gasteiger partial charge on any atom is 0.161 e. The SMILES string of the molecule is COCc1nc(-c2cc(OC)cc(OC)c2)nc(Cl)c1I. The summed E-state index contributed by atoms with van der Waals surface area (Å²) in [6.07, 6.45) is 0. The molecule has 1 aromatic carbocycles. The number of halogens is 2. The first-order chi connectivity index (χ1) is 10.1. The summed E-state index contributed by atoms with van der Waals surface area (Å²) in [7, 11) is 4.80. The summed E-state index contributed by atoms with van der Waals surface area (Å²) in [5.74, 6) is 1.83. The van der Waals surface area contributed by atoms with Gasteiger partial charge in [0.1, 0.15) is 16.7 Å². The van der Waals surface area contributed by atoms with Gasteiger partial charge in [-0.15, -0.1) is 0 Å². The zero-order valence-corrected chi connectivity index (χ0v) is 14.7. The van der Waals surface area contributed by atoms with Crippen molar-refractivity contribution in [3.63, 3.8) is 0 Å². The molecular formula is C14H14ClIN2O3. The molecule has 0 amide bonds. The van der Waals surface area contributed by atoms with Gasteiger partial charge >= 0.3 is 0 Å². The molecule has 1 aromatic heterocycles. The van der Waals surface area contributed by atoms with Crippen LogP contribution in [0.4, 0.5) is 0 Å². The highest BCUT2D eigenvalue weighted by atomic mass is 127. The second-order valence-electron chi connectivity index (χ2n) is 4.13. The molecule has 0 N–H and O–H groups in total. The molecule has 7 heteroatoms. The van der Waals surface area contributed by atoms with E-state index in [9.17, 15) is 0 Å². The molecule has 0 saturated heterocycles. The zero-order chi connectivity index (χ0) is 15.4. The molecule has 0 spiro atoms. The van der Waals surface area contributed by atoms with Crippen LogP contribution in [0.25, 0.3) is 11.4 Å². The third-order valence-electron chi connectivity index (χ3n) is 2.77. The van der Waals surface area contributed by atoms with Gasteiger partial charge in [0.2, 0.25) is 0 Å². The summed E-state index contributed by atoms with van der Waals surface area (Å²) < 4.78 is 16.4. The fourth-order valence-electron chi connectivity index (χ4n) is 1.76. The second-order valence-corrected chi connectivity index (χ2v) is 5.57. The first-order valence-electron chi connectivity index (χ1n) is 6.03. The van der Waals surface area contributed by atoms with Gasteiger partial charge in [-0.05, 0) is 34.7 Å². The summed E-state index contributed by atoms with van der Waals surface area (Å²) in [6, 6.07) is 5.45. The Bertz CT molecular complexity index is 630. The van der Waals surface area contributed by atoms with E-state index < -0.39 is 0 Å². The predicted octanol–water partition coefficient (Wildman–Crippen LogP) is 3.57. The smallest absolute Gasteiger partial charge is 0.161 e. The Morgan fingerprint density at radius 3 is 2.19 bits per heavy atom. The zero-order valence-electron chi connectivity index (χ0n) is 11.8. The van der Waals surface area contributed by atoms with Crippen molar-refractivity contribution >= 4 is 34.2 Å². The van der Waals surface area contributed by atoms with E-state index in [0.29, 0.717) is 29.1 Å². The van der Waals surface area contributed by atoms with Gasteiger partial charge in [0.15, 0.2) is 5.82 Å². The molecule has 0 unspecified atom stereocenters. The monoisotopic (exact) mass is 420 g/mol. The minimum absolute atomic E-state index is 0.370. The topological polar surface area (TPSA) is 53.5 Å². The van der Waals surface area contributed by atoms with Crippen LogP contribution >= 0.6 is 34.2 Å². The molecule has 0 aliphatic heterocycles. The Morgan fingerprint density at radius 1 is 1.05 bits per heavy atom. The van der Waals surface area contributed by atoms with E-state index in [2.05, 4.69) is 32.6 Å². The van der Waals surface area contributed by atoms with Crippen LogP contribution in [0.5, 0.6) is 11.5 Å². The molecule has 2 rings (SSSR count). The largest absolute Gasteiger partial charge is 0.497 e. The van der Waals surface area contributed by atoms with E-state index in [0.717, 1.165) is 14.8 Å². The fourth-order valence-corrected chi connectivity index (χ4v) is 2.35. The van der Waals surface area contributed by atoms with Crippen molar-refractivity contribution in [2.24, 2.45) is 0 Å². The molecule has 0 aliphatic carbocycles. The summed E-state index contributed by atoms with van der Waals surface area (Å²) in [4.78, 5) is 8.82. The van der Waals surface area contributed by atoms with Crippen molar-refractivity contribution in [1.29, 1.82) is 0 Å². The maximum atomic E-state index is 6.18. The molecule has 2 aromatic rings. The molecule has 0 bridgehead atoms. The first-order valence-corrected chi connectivity index (χ1v) is 7.49. The number of aromatic nitrogens is 2. The van der Waals surface area contributed by atoms with Gasteiger partial charge in [-0.3, -0.25) is 0 Å². The van der Waals surface area contributed by atoms with Crippen LogP contribution in [0, 0.1) is 3.57 Å². The van der Waals surface area contributed by atoms with Crippen molar-refractivity contribution in [3.05, 3.63) is 32.6 Å². The highest BCUT2D eigenvalue weighted by molar-refractivity contribution is 14.1. The molecule has 0 aliphatic rings. The van der Waals surface area contributed by atoms with Gasteiger partial charge in [0, 0.05) is 18.7 Å². The van der Waals surface area contributed by atoms with E-state index in [-0.39, 0.29) is 0 Å². The first kappa shape index (κ1) is 16.3. The number of hydrogen-bond donors (Lipinski definition) is 0. The van der Waals surface area contributed by atoms with Crippen LogP contribution in [0.3, 0.4) is 0 Å². The lowest BCUT2D eigenvalue weighted by Gasteiger charge is -2.10. The average molecular weight is 421 g/mol. The minimum atomic E-state index is 0.370. The van der Waals surface area contributed by atoms with Gasteiger partial charge in [-0.25, -0.2) is 9.97 Å². The number of benzene rings is 1. The third kappa shape index (κ3) is 3.75. The molecule has 0 saturated carbocycles. The molecule has 5 nitrogen and oxygen atoms in total. The van der Waals surface area contributed by atoms with Crippen LogP contribution in [0.2, 0.25) is 5.15 Å². The van der Waals surface area contributed by atoms with Crippen LogP contribution in [-0.2, 0) is 11.3 Å². The van der Waals surface area contributed by atoms with Gasteiger partial charge < -0.3 is 14.2 Å². The van der Waals surface area contributed by atoms with Crippen molar-refractivity contribution in [2.45, 2.75) is 6.61 Å². The number of ether oxygens (including phenoxy) is 3. The van der Waals surface area contributed by atoms with Gasteiger partial charge in [0.05, 0.1) is 30.1 Å². The third-order valence-corrected chi connectivity index (χ3v) is 4.50. The Morgan fingerprint density at radius 2 is 1.67 bits per heavy atom. The van der Waals surface area contributed by atoms with Crippen LogP contribution < -0.4 is 9.47 Å². The van der Waals surface area contributed by atoms with Gasteiger partial charge in [-0.1, -0.05) is 11.6 Å². The van der Waals surface area contributed by atoms with Crippen LogP contribution in [-0.4, -0.2) is 31.3 Å².